The maximum absolute atomic E-state index is 13.1. The van der Waals surface area contributed by atoms with Crippen LogP contribution in [-0.2, 0) is 14.8 Å². The molecule has 0 aromatic heterocycles. The van der Waals surface area contributed by atoms with E-state index in [1.54, 1.807) is 13.8 Å². The minimum absolute atomic E-state index is 0.00360. The van der Waals surface area contributed by atoms with Gasteiger partial charge in [-0.3, -0.25) is 4.79 Å². The number of carbonyl (C=O) groups is 1. The van der Waals surface area contributed by atoms with Crippen LogP contribution in [0.15, 0.2) is 27.6 Å². The summed E-state index contributed by atoms with van der Waals surface area (Å²) in [6, 6.07) is 1.95. The monoisotopic (exact) mass is 367 g/mol. The quantitative estimate of drug-likeness (QED) is 0.808. The van der Waals surface area contributed by atoms with Crippen LogP contribution in [-0.4, -0.2) is 25.5 Å². The zero-order valence-corrected chi connectivity index (χ0v) is 13.3. The Labute approximate surface area is 125 Å². The van der Waals surface area contributed by atoms with Gasteiger partial charge in [0.25, 0.3) is 0 Å². The fourth-order valence-electron chi connectivity index (χ4n) is 1.57. The maximum Gasteiger partial charge on any atom is 0.321 e. The minimum Gasteiger partial charge on any atom is -0.480 e. The third-order valence-electron chi connectivity index (χ3n) is 2.50. The van der Waals surface area contributed by atoms with E-state index in [1.807, 2.05) is 0 Å². The van der Waals surface area contributed by atoms with E-state index in [4.69, 9.17) is 5.11 Å². The molecular weight excluding hydrogens is 353 g/mol. The van der Waals surface area contributed by atoms with Crippen LogP contribution >= 0.6 is 15.9 Å². The number of halogens is 2. The molecule has 20 heavy (non-hydrogen) atoms. The van der Waals surface area contributed by atoms with Crippen molar-refractivity contribution in [2.75, 3.05) is 0 Å². The molecule has 5 nitrogen and oxygen atoms in total. The molecule has 2 N–H and O–H groups in total. The van der Waals surface area contributed by atoms with E-state index < -0.39 is 27.9 Å². The summed E-state index contributed by atoms with van der Waals surface area (Å²) in [5.41, 5.74) is 0. The normalized spacial score (nSPS) is 13.4. The van der Waals surface area contributed by atoms with Crippen LogP contribution in [0.1, 0.15) is 20.3 Å². The number of benzene rings is 1. The Morgan fingerprint density at radius 2 is 2.05 bits per heavy atom. The topological polar surface area (TPSA) is 83.5 Å². The first-order chi connectivity index (χ1) is 9.13. The fraction of sp³-hybridized carbons (Fsp3) is 0.417. The number of aliphatic carboxylic acids is 1. The molecule has 0 aliphatic carbocycles. The first-order valence-electron chi connectivity index (χ1n) is 5.83. The number of carboxylic acid groups (broad SMARTS) is 1. The lowest BCUT2D eigenvalue weighted by Crippen LogP contribution is -2.41. The lowest BCUT2D eigenvalue weighted by atomic mass is 10.1. The molecule has 0 bridgehead atoms. The summed E-state index contributed by atoms with van der Waals surface area (Å²) in [7, 11) is -4.02. The van der Waals surface area contributed by atoms with Gasteiger partial charge in [0.1, 0.15) is 11.9 Å². The standard InChI is InChI=1S/C12H15BrFNO4S/c1-7(2)5-11(12(16)17)15-20(18,19)8-3-4-10(14)9(13)6-8/h3-4,6-7,11,15H,5H2,1-2H3,(H,16,17). The zero-order chi connectivity index (χ0) is 15.5. The van der Waals surface area contributed by atoms with Gasteiger partial charge in [-0.25, -0.2) is 12.8 Å². The van der Waals surface area contributed by atoms with Gasteiger partial charge in [-0.15, -0.1) is 0 Å². The Balaban J connectivity index is 3.03. The second-order valence-electron chi connectivity index (χ2n) is 4.72. The van der Waals surface area contributed by atoms with Gasteiger partial charge in [-0.1, -0.05) is 13.8 Å². The average molecular weight is 368 g/mol. The number of nitrogens with one attached hydrogen (secondary N) is 1. The van der Waals surface area contributed by atoms with Gasteiger partial charge in [0, 0.05) is 0 Å². The molecule has 0 spiro atoms. The second-order valence-corrected chi connectivity index (χ2v) is 7.29. The molecule has 1 aromatic rings. The van der Waals surface area contributed by atoms with Crippen molar-refractivity contribution in [1.29, 1.82) is 0 Å². The Morgan fingerprint density at radius 3 is 2.50 bits per heavy atom. The van der Waals surface area contributed by atoms with Crippen LogP contribution < -0.4 is 4.72 Å². The number of rotatable bonds is 6. The van der Waals surface area contributed by atoms with Crippen molar-refractivity contribution in [3.63, 3.8) is 0 Å². The maximum atomic E-state index is 13.1. The van der Waals surface area contributed by atoms with Gasteiger partial charge >= 0.3 is 5.97 Å². The van der Waals surface area contributed by atoms with Crippen molar-refractivity contribution >= 4 is 31.9 Å². The molecule has 112 valence electrons. The first kappa shape index (κ1) is 17.1. The van der Waals surface area contributed by atoms with E-state index in [1.165, 1.54) is 0 Å². The summed E-state index contributed by atoms with van der Waals surface area (Å²) in [4.78, 5) is 10.9. The van der Waals surface area contributed by atoms with Crippen LogP contribution in [0.5, 0.6) is 0 Å². The SMILES string of the molecule is CC(C)CC(NS(=O)(=O)c1ccc(F)c(Br)c1)C(=O)O. The van der Waals surface area contributed by atoms with Crippen molar-refractivity contribution < 1.29 is 22.7 Å². The van der Waals surface area contributed by atoms with E-state index in [0.717, 1.165) is 18.2 Å². The van der Waals surface area contributed by atoms with Crippen LogP contribution in [0.25, 0.3) is 0 Å². The highest BCUT2D eigenvalue weighted by Gasteiger charge is 2.26. The van der Waals surface area contributed by atoms with E-state index in [9.17, 15) is 17.6 Å². The molecule has 1 rings (SSSR count). The Kier molecular flexibility index (Phi) is 5.67. The highest BCUT2D eigenvalue weighted by molar-refractivity contribution is 9.10. The van der Waals surface area contributed by atoms with E-state index in [-0.39, 0.29) is 21.7 Å². The van der Waals surface area contributed by atoms with E-state index in [2.05, 4.69) is 20.7 Å². The third-order valence-corrected chi connectivity index (χ3v) is 4.58. The molecular formula is C12H15BrFNO4S. The summed E-state index contributed by atoms with van der Waals surface area (Å²) in [6.07, 6.45) is 0.164. The van der Waals surface area contributed by atoms with Crippen LogP contribution in [0, 0.1) is 11.7 Å². The molecule has 1 aromatic carbocycles. The van der Waals surface area contributed by atoms with Crippen LogP contribution in [0.4, 0.5) is 4.39 Å². The highest BCUT2D eigenvalue weighted by Crippen LogP contribution is 2.20. The first-order valence-corrected chi connectivity index (χ1v) is 8.11. The molecule has 0 aliphatic rings. The molecule has 0 saturated heterocycles. The largest absolute Gasteiger partial charge is 0.480 e. The van der Waals surface area contributed by atoms with Gasteiger partial charge in [-0.05, 0) is 46.5 Å². The van der Waals surface area contributed by atoms with Crippen molar-refractivity contribution in [1.82, 2.24) is 4.72 Å². The fourth-order valence-corrected chi connectivity index (χ4v) is 3.33. The Hall–Kier alpha value is -0.990. The molecule has 1 unspecified atom stereocenters. The summed E-state index contributed by atoms with van der Waals surface area (Å²) in [5.74, 6) is -1.83. The van der Waals surface area contributed by atoms with Gasteiger partial charge < -0.3 is 5.11 Å². The molecule has 0 saturated carbocycles. The number of hydrogen-bond donors (Lipinski definition) is 2. The molecule has 8 heteroatoms. The summed E-state index contributed by atoms with van der Waals surface area (Å²) >= 11 is 2.89. The van der Waals surface area contributed by atoms with Gasteiger partial charge in [0.2, 0.25) is 10.0 Å². The summed E-state index contributed by atoms with van der Waals surface area (Å²) < 4.78 is 39.4. The number of sulfonamides is 1. The molecule has 0 radical (unpaired) electrons. The van der Waals surface area contributed by atoms with Crippen molar-refractivity contribution in [3.05, 3.63) is 28.5 Å². The summed E-state index contributed by atoms with van der Waals surface area (Å²) in [5, 5.41) is 9.03. The van der Waals surface area contributed by atoms with E-state index >= 15 is 0 Å². The number of carboxylic acids is 1. The lowest BCUT2D eigenvalue weighted by Gasteiger charge is -2.16. The predicted molar refractivity (Wildman–Crippen MR) is 75.3 cm³/mol. The zero-order valence-electron chi connectivity index (χ0n) is 10.9. The molecule has 1 atom stereocenters. The molecule has 0 fully saturated rings. The Morgan fingerprint density at radius 1 is 1.45 bits per heavy atom. The number of hydrogen-bond acceptors (Lipinski definition) is 3. The van der Waals surface area contributed by atoms with Gasteiger partial charge in [-0.2, -0.15) is 4.72 Å². The van der Waals surface area contributed by atoms with Crippen LogP contribution in [0.3, 0.4) is 0 Å². The third kappa shape index (κ3) is 4.53. The summed E-state index contributed by atoms with van der Waals surface area (Å²) in [6.45, 7) is 3.58. The van der Waals surface area contributed by atoms with E-state index in [0.29, 0.717) is 0 Å². The smallest absolute Gasteiger partial charge is 0.321 e. The molecule has 0 aliphatic heterocycles. The predicted octanol–water partition coefficient (Wildman–Crippen LogP) is 2.37. The second kappa shape index (κ2) is 6.64. The lowest BCUT2D eigenvalue weighted by molar-refractivity contribution is -0.139. The average Bonchev–Trinajstić information content (AvgIpc) is 2.30. The van der Waals surface area contributed by atoms with Crippen molar-refractivity contribution in [2.45, 2.75) is 31.2 Å². The highest BCUT2D eigenvalue weighted by atomic mass is 79.9. The van der Waals surface area contributed by atoms with Gasteiger partial charge in [0.15, 0.2) is 0 Å². The molecule has 0 heterocycles. The van der Waals surface area contributed by atoms with Crippen molar-refractivity contribution in [2.24, 2.45) is 5.92 Å². The van der Waals surface area contributed by atoms with Gasteiger partial charge in [0.05, 0.1) is 9.37 Å². The minimum atomic E-state index is -4.02. The van der Waals surface area contributed by atoms with Crippen molar-refractivity contribution in [3.8, 4) is 0 Å². The Bertz CT molecular complexity index is 603. The molecule has 0 amide bonds. The van der Waals surface area contributed by atoms with Crippen LogP contribution in [0.2, 0.25) is 0 Å².